The Balaban J connectivity index is 2.15. The van der Waals surface area contributed by atoms with E-state index in [1.165, 1.54) is 30.3 Å². The molecule has 114 valence electrons. The Labute approximate surface area is 128 Å². The lowest BCUT2D eigenvalue weighted by Gasteiger charge is -2.13. The van der Waals surface area contributed by atoms with Crippen LogP contribution in [-0.4, -0.2) is 21.7 Å². The van der Waals surface area contributed by atoms with E-state index in [0.717, 1.165) is 12.1 Å². The molecule has 2 aromatic rings. The van der Waals surface area contributed by atoms with Crippen molar-refractivity contribution in [2.24, 2.45) is 0 Å². The van der Waals surface area contributed by atoms with Gasteiger partial charge in [0, 0.05) is 18.2 Å². The number of benzene rings is 2. The number of nitro benzene ring substituents is 2. The Morgan fingerprint density at radius 2 is 1.48 bits per heavy atom. The number of carbonyl (C=O) groups excluding carboxylic acids is 2. The number of fused-ring (bicyclic) bond motifs is 1. The van der Waals surface area contributed by atoms with Crippen molar-refractivity contribution in [1.29, 1.82) is 0 Å². The molecular formula is C14H7N3O6. The van der Waals surface area contributed by atoms with Crippen LogP contribution in [0.4, 0.5) is 17.1 Å². The van der Waals surface area contributed by atoms with Gasteiger partial charge in [-0.3, -0.25) is 29.8 Å². The number of hydrogen-bond donors (Lipinski definition) is 0. The second kappa shape index (κ2) is 4.98. The Morgan fingerprint density at radius 1 is 0.826 bits per heavy atom. The predicted octanol–water partition coefficient (Wildman–Crippen LogP) is 2.30. The molecule has 0 saturated carbocycles. The smallest absolute Gasteiger partial charge is 0.268 e. The van der Waals surface area contributed by atoms with Crippen LogP contribution in [0.2, 0.25) is 0 Å². The number of hydrogen-bond acceptors (Lipinski definition) is 6. The van der Waals surface area contributed by atoms with Crippen molar-refractivity contribution in [1.82, 2.24) is 0 Å². The molecule has 0 aliphatic carbocycles. The first-order valence-corrected chi connectivity index (χ1v) is 6.32. The van der Waals surface area contributed by atoms with Gasteiger partial charge in [0.25, 0.3) is 23.2 Å². The van der Waals surface area contributed by atoms with Crippen LogP contribution in [0.3, 0.4) is 0 Å². The molecule has 0 bridgehead atoms. The first-order chi connectivity index (χ1) is 10.9. The molecule has 0 aromatic heterocycles. The lowest BCUT2D eigenvalue weighted by Crippen LogP contribution is -2.29. The van der Waals surface area contributed by atoms with E-state index in [2.05, 4.69) is 0 Å². The second-order valence-corrected chi connectivity index (χ2v) is 4.68. The summed E-state index contributed by atoms with van der Waals surface area (Å²) in [6, 6.07) is 8.56. The van der Waals surface area contributed by atoms with Gasteiger partial charge < -0.3 is 0 Å². The standard InChI is InChI=1S/C14H7N3O6/c18-13-9-6-5-8(16(20)21)7-10(9)14(19)15(13)11-3-1-2-4-12(11)17(22)23/h1-7H. The normalized spacial score (nSPS) is 13.1. The van der Waals surface area contributed by atoms with Crippen molar-refractivity contribution in [2.75, 3.05) is 4.90 Å². The first kappa shape index (κ1) is 14.3. The van der Waals surface area contributed by atoms with Gasteiger partial charge in [0.2, 0.25) is 0 Å². The van der Waals surface area contributed by atoms with Crippen LogP contribution in [0.5, 0.6) is 0 Å². The zero-order valence-corrected chi connectivity index (χ0v) is 11.3. The molecule has 1 aliphatic rings. The molecule has 0 spiro atoms. The van der Waals surface area contributed by atoms with Gasteiger partial charge in [0.05, 0.1) is 21.0 Å². The lowest BCUT2D eigenvalue weighted by atomic mass is 10.1. The van der Waals surface area contributed by atoms with Crippen LogP contribution in [0.25, 0.3) is 0 Å². The summed E-state index contributed by atoms with van der Waals surface area (Å²) in [7, 11) is 0. The van der Waals surface area contributed by atoms with E-state index in [0.29, 0.717) is 4.90 Å². The highest BCUT2D eigenvalue weighted by molar-refractivity contribution is 6.35. The summed E-state index contributed by atoms with van der Waals surface area (Å²) in [6.45, 7) is 0. The highest BCUT2D eigenvalue weighted by Gasteiger charge is 2.40. The summed E-state index contributed by atoms with van der Waals surface area (Å²) in [5, 5.41) is 21.9. The third-order valence-corrected chi connectivity index (χ3v) is 3.40. The fourth-order valence-electron chi connectivity index (χ4n) is 2.37. The monoisotopic (exact) mass is 313 g/mol. The fourth-order valence-corrected chi connectivity index (χ4v) is 2.37. The van der Waals surface area contributed by atoms with Crippen LogP contribution < -0.4 is 4.90 Å². The maximum atomic E-state index is 12.4. The number of imide groups is 1. The minimum Gasteiger partial charge on any atom is -0.268 e. The maximum absolute atomic E-state index is 12.4. The molecule has 1 heterocycles. The highest BCUT2D eigenvalue weighted by Crippen LogP contribution is 2.35. The van der Waals surface area contributed by atoms with Crippen LogP contribution in [-0.2, 0) is 0 Å². The first-order valence-electron chi connectivity index (χ1n) is 6.32. The molecule has 1 aliphatic heterocycles. The number of rotatable bonds is 3. The molecule has 3 rings (SSSR count). The molecule has 2 amide bonds. The maximum Gasteiger partial charge on any atom is 0.293 e. The number of para-hydroxylation sites is 2. The molecule has 23 heavy (non-hydrogen) atoms. The molecule has 9 nitrogen and oxygen atoms in total. The molecule has 0 atom stereocenters. The summed E-state index contributed by atoms with van der Waals surface area (Å²) < 4.78 is 0. The quantitative estimate of drug-likeness (QED) is 0.486. The molecule has 9 heteroatoms. The predicted molar refractivity (Wildman–Crippen MR) is 77.3 cm³/mol. The van der Waals surface area contributed by atoms with E-state index in [4.69, 9.17) is 0 Å². The Morgan fingerprint density at radius 3 is 2.13 bits per heavy atom. The summed E-state index contributed by atoms with van der Waals surface area (Å²) in [5.41, 5.74) is -1.10. The number of nitro groups is 2. The summed E-state index contributed by atoms with van der Waals surface area (Å²) in [5.74, 6) is -1.59. The van der Waals surface area contributed by atoms with Crippen LogP contribution >= 0.6 is 0 Å². The summed E-state index contributed by atoms with van der Waals surface area (Å²) >= 11 is 0. The molecule has 0 N–H and O–H groups in total. The largest absolute Gasteiger partial charge is 0.293 e. The zero-order valence-electron chi connectivity index (χ0n) is 11.3. The van der Waals surface area contributed by atoms with Crippen molar-refractivity contribution in [2.45, 2.75) is 0 Å². The number of carbonyl (C=O) groups is 2. The van der Waals surface area contributed by atoms with Gasteiger partial charge in [0.1, 0.15) is 5.69 Å². The van der Waals surface area contributed by atoms with E-state index >= 15 is 0 Å². The number of anilines is 1. The van der Waals surface area contributed by atoms with Crippen molar-refractivity contribution < 1.29 is 19.4 Å². The van der Waals surface area contributed by atoms with Gasteiger partial charge in [-0.2, -0.15) is 0 Å². The number of amides is 2. The molecular weight excluding hydrogens is 306 g/mol. The van der Waals surface area contributed by atoms with Gasteiger partial charge >= 0.3 is 0 Å². The number of nitrogens with zero attached hydrogens (tertiary/aromatic N) is 3. The van der Waals surface area contributed by atoms with Gasteiger partial charge in [-0.05, 0) is 12.1 Å². The van der Waals surface area contributed by atoms with Crippen LogP contribution in [0.1, 0.15) is 20.7 Å². The van der Waals surface area contributed by atoms with E-state index in [9.17, 15) is 29.8 Å². The SMILES string of the molecule is O=C1c2ccc([N+](=O)[O-])cc2C(=O)N1c1ccccc1[N+](=O)[O-]. The van der Waals surface area contributed by atoms with E-state index in [1.54, 1.807) is 0 Å². The lowest BCUT2D eigenvalue weighted by molar-refractivity contribution is -0.384. The molecule has 0 saturated heterocycles. The molecule has 2 aromatic carbocycles. The van der Waals surface area contributed by atoms with Crippen molar-refractivity contribution in [3.05, 3.63) is 73.8 Å². The van der Waals surface area contributed by atoms with E-state index in [1.807, 2.05) is 0 Å². The average Bonchev–Trinajstić information content (AvgIpc) is 2.78. The Bertz CT molecular complexity index is 892. The minimum atomic E-state index is -0.831. The number of non-ortho nitro benzene ring substituents is 1. The summed E-state index contributed by atoms with van der Waals surface area (Å²) in [4.78, 5) is 45.9. The van der Waals surface area contributed by atoms with Crippen molar-refractivity contribution in [3.63, 3.8) is 0 Å². The minimum absolute atomic E-state index is 0.0289. The van der Waals surface area contributed by atoms with Crippen LogP contribution in [0, 0.1) is 20.2 Å². The van der Waals surface area contributed by atoms with Crippen LogP contribution in [0.15, 0.2) is 42.5 Å². The average molecular weight is 313 g/mol. The topological polar surface area (TPSA) is 124 Å². The zero-order chi connectivity index (χ0) is 16.7. The van der Waals surface area contributed by atoms with Gasteiger partial charge in [-0.1, -0.05) is 12.1 Å². The summed E-state index contributed by atoms with van der Waals surface area (Å²) in [6.07, 6.45) is 0. The third-order valence-electron chi connectivity index (χ3n) is 3.40. The fraction of sp³-hybridized carbons (Fsp3) is 0. The van der Waals surface area contributed by atoms with Crippen molar-refractivity contribution >= 4 is 28.9 Å². The Hall–Kier alpha value is -3.62. The van der Waals surface area contributed by atoms with Gasteiger partial charge in [-0.25, -0.2) is 4.90 Å². The highest BCUT2D eigenvalue weighted by atomic mass is 16.6. The second-order valence-electron chi connectivity index (χ2n) is 4.68. The van der Waals surface area contributed by atoms with E-state index in [-0.39, 0.29) is 22.5 Å². The van der Waals surface area contributed by atoms with Gasteiger partial charge in [0.15, 0.2) is 0 Å². The third kappa shape index (κ3) is 2.11. The van der Waals surface area contributed by atoms with E-state index < -0.39 is 27.3 Å². The van der Waals surface area contributed by atoms with Crippen molar-refractivity contribution in [3.8, 4) is 0 Å². The Kier molecular flexibility index (Phi) is 3.10. The molecule has 0 unspecified atom stereocenters. The van der Waals surface area contributed by atoms with Gasteiger partial charge in [-0.15, -0.1) is 0 Å². The molecule has 0 fully saturated rings. The molecule has 0 radical (unpaired) electrons.